The van der Waals surface area contributed by atoms with Crippen molar-refractivity contribution in [2.75, 3.05) is 13.2 Å². The first-order valence-electron chi connectivity index (χ1n) is 4.66. The number of hydrogen-bond acceptors (Lipinski definition) is 1. The molecule has 0 unspecified atom stereocenters. The Kier molecular flexibility index (Phi) is 4.95. The zero-order chi connectivity index (χ0) is 9.36. The summed E-state index contributed by atoms with van der Waals surface area (Å²) >= 11 is 0. The van der Waals surface area contributed by atoms with Crippen LogP contribution in [0.25, 0.3) is 0 Å². The van der Waals surface area contributed by atoms with Crippen LogP contribution in [0.15, 0.2) is 42.5 Å². The van der Waals surface area contributed by atoms with Crippen LogP contribution >= 0.6 is 0 Å². The lowest BCUT2D eigenvalue weighted by atomic mass is 10.2. The Hall–Kier alpha value is -1.08. The van der Waals surface area contributed by atoms with Gasteiger partial charge in [0.2, 0.25) is 0 Å². The summed E-state index contributed by atoms with van der Waals surface area (Å²) in [5, 5.41) is 0. The second kappa shape index (κ2) is 6.44. The summed E-state index contributed by atoms with van der Waals surface area (Å²) in [5.74, 6) is 0. The Morgan fingerprint density at radius 3 is 2.69 bits per heavy atom. The number of benzene rings is 1. The minimum atomic E-state index is 0.726. The van der Waals surface area contributed by atoms with E-state index < -0.39 is 0 Å². The zero-order valence-electron chi connectivity index (χ0n) is 8.07. The van der Waals surface area contributed by atoms with Crippen LogP contribution in [-0.4, -0.2) is 13.2 Å². The maximum Gasteiger partial charge on any atom is 0.0647 e. The lowest BCUT2D eigenvalue weighted by Gasteiger charge is -2.00. The highest BCUT2D eigenvalue weighted by molar-refractivity contribution is 5.14. The average molecular weight is 176 g/mol. The van der Waals surface area contributed by atoms with E-state index in [2.05, 4.69) is 24.3 Å². The van der Waals surface area contributed by atoms with E-state index >= 15 is 0 Å². The predicted octanol–water partition coefficient (Wildman–Crippen LogP) is 2.82. The Balaban J connectivity index is 2.13. The van der Waals surface area contributed by atoms with Gasteiger partial charge in [-0.1, -0.05) is 42.5 Å². The van der Waals surface area contributed by atoms with Crippen LogP contribution in [-0.2, 0) is 11.2 Å². The fraction of sp³-hybridized carbons (Fsp3) is 0.333. The summed E-state index contributed by atoms with van der Waals surface area (Å²) in [4.78, 5) is 0. The lowest BCUT2D eigenvalue weighted by molar-refractivity contribution is 0.165. The van der Waals surface area contributed by atoms with Gasteiger partial charge in [0.05, 0.1) is 13.2 Å². The number of rotatable bonds is 5. The Bertz CT molecular complexity index is 239. The van der Waals surface area contributed by atoms with E-state index in [0.717, 1.165) is 19.6 Å². The Morgan fingerprint density at radius 1 is 1.23 bits per heavy atom. The molecule has 70 valence electrons. The molecule has 0 aliphatic heterocycles. The smallest absolute Gasteiger partial charge is 0.0647 e. The van der Waals surface area contributed by atoms with Gasteiger partial charge in [0.25, 0.3) is 0 Å². The molecule has 1 aromatic carbocycles. The van der Waals surface area contributed by atoms with Gasteiger partial charge in [-0.3, -0.25) is 0 Å². The third-order valence-electron chi connectivity index (χ3n) is 1.83. The van der Waals surface area contributed by atoms with Crippen LogP contribution in [0.5, 0.6) is 0 Å². The SMILES string of the molecule is C/C=C/COCCc1ccccc1. The molecule has 0 spiro atoms. The molecule has 1 heteroatoms. The molecule has 1 aromatic rings. The van der Waals surface area contributed by atoms with Gasteiger partial charge in [-0.05, 0) is 18.9 Å². The van der Waals surface area contributed by atoms with Crippen LogP contribution in [0.1, 0.15) is 12.5 Å². The van der Waals surface area contributed by atoms with E-state index in [4.69, 9.17) is 4.74 Å². The molecular formula is C12H16O. The highest BCUT2D eigenvalue weighted by Crippen LogP contribution is 1.99. The molecule has 13 heavy (non-hydrogen) atoms. The van der Waals surface area contributed by atoms with Gasteiger partial charge < -0.3 is 4.74 Å². The van der Waals surface area contributed by atoms with Crippen LogP contribution in [0.3, 0.4) is 0 Å². The van der Waals surface area contributed by atoms with Crippen molar-refractivity contribution in [1.29, 1.82) is 0 Å². The van der Waals surface area contributed by atoms with Gasteiger partial charge in [-0.25, -0.2) is 0 Å². The van der Waals surface area contributed by atoms with Gasteiger partial charge in [-0.2, -0.15) is 0 Å². The minimum absolute atomic E-state index is 0.726. The summed E-state index contributed by atoms with van der Waals surface area (Å²) in [6, 6.07) is 10.4. The second-order valence-corrected chi connectivity index (χ2v) is 2.88. The molecule has 1 rings (SSSR count). The van der Waals surface area contributed by atoms with Crippen molar-refractivity contribution in [3.8, 4) is 0 Å². The van der Waals surface area contributed by atoms with E-state index in [1.165, 1.54) is 5.56 Å². The first kappa shape index (κ1) is 10.0. The number of hydrogen-bond donors (Lipinski definition) is 0. The molecule has 0 aromatic heterocycles. The zero-order valence-corrected chi connectivity index (χ0v) is 8.07. The van der Waals surface area contributed by atoms with E-state index in [1.54, 1.807) is 0 Å². The molecule has 0 aliphatic carbocycles. The van der Waals surface area contributed by atoms with Crippen LogP contribution in [0.2, 0.25) is 0 Å². The maximum atomic E-state index is 5.39. The van der Waals surface area contributed by atoms with Crippen molar-refractivity contribution in [1.82, 2.24) is 0 Å². The maximum absolute atomic E-state index is 5.39. The standard InChI is InChI=1S/C12H16O/c1-2-3-10-13-11-9-12-7-5-4-6-8-12/h2-8H,9-11H2,1H3/b3-2+. The summed E-state index contributed by atoms with van der Waals surface area (Å²) in [5.41, 5.74) is 1.34. The normalized spacial score (nSPS) is 10.8. The second-order valence-electron chi connectivity index (χ2n) is 2.88. The third-order valence-corrected chi connectivity index (χ3v) is 1.83. The quantitative estimate of drug-likeness (QED) is 0.495. The van der Waals surface area contributed by atoms with Crippen LogP contribution in [0, 0.1) is 0 Å². The van der Waals surface area contributed by atoms with Crippen LogP contribution < -0.4 is 0 Å². The number of allylic oxidation sites excluding steroid dienone is 1. The van der Waals surface area contributed by atoms with E-state index in [9.17, 15) is 0 Å². The highest BCUT2D eigenvalue weighted by Gasteiger charge is 1.89. The fourth-order valence-electron chi connectivity index (χ4n) is 1.08. The van der Waals surface area contributed by atoms with Crippen molar-refractivity contribution < 1.29 is 4.74 Å². The topological polar surface area (TPSA) is 9.23 Å². The predicted molar refractivity (Wildman–Crippen MR) is 55.8 cm³/mol. The first-order valence-corrected chi connectivity index (χ1v) is 4.66. The molecule has 0 N–H and O–H groups in total. The van der Waals surface area contributed by atoms with E-state index in [1.807, 2.05) is 25.1 Å². The molecule has 0 amide bonds. The summed E-state index contributed by atoms with van der Waals surface area (Å²) < 4.78 is 5.39. The van der Waals surface area contributed by atoms with Crippen molar-refractivity contribution >= 4 is 0 Å². The molecule has 0 heterocycles. The van der Waals surface area contributed by atoms with Crippen molar-refractivity contribution in [3.05, 3.63) is 48.0 Å². The Morgan fingerprint density at radius 2 is 2.00 bits per heavy atom. The van der Waals surface area contributed by atoms with Crippen LogP contribution in [0.4, 0.5) is 0 Å². The molecule has 0 atom stereocenters. The fourth-order valence-corrected chi connectivity index (χ4v) is 1.08. The Labute approximate surface area is 80.0 Å². The molecule has 0 saturated carbocycles. The van der Waals surface area contributed by atoms with Crippen molar-refractivity contribution in [2.45, 2.75) is 13.3 Å². The first-order chi connectivity index (χ1) is 6.43. The molecule has 0 radical (unpaired) electrons. The average Bonchev–Trinajstić information content (AvgIpc) is 2.19. The molecule has 0 fully saturated rings. The molecule has 0 saturated heterocycles. The third kappa shape index (κ3) is 4.48. The van der Waals surface area contributed by atoms with Gasteiger partial charge >= 0.3 is 0 Å². The van der Waals surface area contributed by atoms with E-state index in [-0.39, 0.29) is 0 Å². The lowest BCUT2D eigenvalue weighted by Crippen LogP contribution is -1.97. The minimum Gasteiger partial charge on any atom is -0.377 e. The van der Waals surface area contributed by atoms with E-state index in [0.29, 0.717) is 0 Å². The number of ether oxygens (including phenoxy) is 1. The summed E-state index contributed by atoms with van der Waals surface area (Å²) in [7, 11) is 0. The van der Waals surface area contributed by atoms with Crippen molar-refractivity contribution in [2.24, 2.45) is 0 Å². The van der Waals surface area contributed by atoms with Gasteiger partial charge in [-0.15, -0.1) is 0 Å². The van der Waals surface area contributed by atoms with Gasteiger partial charge in [0.1, 0.15) is 0 Å². The molecular weight excluding hydrogens is 160 g/mol. The molecule has 0 bridgehead atoms. The van der Waals surface area contributed by atoms with Crippen molar-refractivity contribution in [3.63, 3.8) is 0 Å². The molecule has 0 aliphatic rings. The monoisotopic (exact) mass is 176 g/mol. The van der Waals surface area contributed by atoms with Gasteiger partial charge in [0.15, 0.2) is 0 Å². The summed E-state index contributed by atoms with van der Waals surface area (Å²) in [6.07, 6.45) is 5.02. The van der Waals surface area contributed by atoms with Gasteiger partial charge in [0, 0.05) is 0 Å². The highest BCUT2D eigenvalue weighted by atomic mass is 16.5. The summed E-state index contributed by atoms with van der Waals surface area (Å²) in [6.45, 7) is 3.53. The largest absolute Gasteiger partial charge is 0.377 e. The molecule has 1 nitrogen and oxygen atoms in total.